The van der Waals surface area contributed by atoms with Crippen molar-refractivity contribution in [1.82, 2.24) is 29.3 Å². The highest BCUT2D eigenvalue weighted by molar-refractivity contribution is 6.00. The zero-order chi connectivity index (χ0) is 27.3. The molecule has 3 saturated carbocycles. The van der Waals surface area contributed by atoms with Crippen molar-refractivity contribution < 1.29 is 14.3 Å². The van der Waals surface area contributed by atoms with Crippen LogP contribution in [0.5, 0.6) is 5.75 Å². The van der Waals surface area contributed by atoms with Gasteiger partial charge in [0.25, 0.3) is 5.91 Å². The average Bonchev–Trinajstić information content (AvgIpc) is 3.60. The number of nitrogens with zero attached hydrogens (tertiary/aromatic N) is 5. The smallest absolute Gasteiger partial charge is 0.254 e. The van der Waals surface area contributed by atoms with Crippen molar-refractivity contribution in [1.29, 1.82) is 0 Å². The SMILES string of the molecule is C=CC(=O)N[C@H]1C2C[C@@H]3CN(C(=O)c4cc(OC)c5c(c4)nc(-c4cc6cccnc6n4CC4CC4)n5C)[C@H]1[C@H]23. The van der Waals surface area contributed by atoms with E-state index in [4.69, 9.17) is 9.72 Å². The second kappa shape index (κ2) is 8.43. The average molecular weight is 537 g/mol. The van der Waals surface area contributed by atoms with E-state index < -0.39 is 0 Å². The second-order valence-electron chi connectivity index (χ2n) is 12.0. The lowest BCUT2D eigenvalue weighted by molar-refractivity contribution is -0.124. The van der Waals surface area contributed by atoms with Gasteiger partial charge in [-0.3, -0.25) is 9.59 Å². The first-order valence-corrected chi connectivity index (χ1v) is 14.2. The van der Waals surface area contributed by atoms with Gasteiger partial charge in [-0.05, 0) is 79.3 Å². The van der Waals surface area contributed by atoms with Crippen LogP contribution in [0.25, 0.3) is 33.6 Å². The minimum atomic E-state index is -0.176. The molecule has 2 amide bonds. The summed E-state index contributed by atoms with van der Waals surface area (Å²) in [6.45, 7) is 5.24. The molecule has 4 fully saturated rings. The maximum absolute atomic E-state index is 14.0. The lowest BCUT2D eigenvalue weighted by Gasteiger charge is -2.58. The molecule has 4 aliphatic rings. The number of methoxy groups -OCH3 is 1. The van der Waals surface area contributed by atoms with Crippen LogP contribution in [0, 0.1) is 23.7 Å². The lowest BCUT2D eigenvalue weighted by atomic mass is 9.50. The Morgan fingerprint density at radius 2 is 2.10 bits per heavy atom. The molecule has 8 rings (SSSR count). The van der Waals surface area contributed by atoms with Crippen molar-refractivity contribution in [3.63, 3.8) is 0 Å². The number of aryl methyl sites for hydroxylation is 1. The molecule has 40 heavy (non-hydrogen) atoms. The monoisotopic (exact) mass is 536 g/mol. The summed E-state index contributed by atoms with van der Waals surface area (Å²) in [6.07, 6.45) is 6.69. The molecular weight excluding hydrogens is 504 g/mol. The van der Waals surface area contributed by atoms with E-state index in [2.05, 4.69) is 38.1 Å². The minimum absolute atomic E-state index is 0.00715. The molecule has 9 nitrogen and oxygen atoms in total. The molecule has 3 aromatic heterocycles. The largest absolute Gasteiger partial charge is 0.494 e. The van der Waals surface area contributed by atoms with Crippen LogP contribution in [0.2, 0.25) is 0 Å². The van der Waals surface area contributed by atoms with Crippen LogP contribution in [0.4, 0.5) is 0 Å². The van der Waals surface area contributed by atoms with Gasteiger partial charge in [0.05, 0.1) is 30.4 Å². The van der Waals surface area contributed by atoms with Gasteiger partial charge in [0, 0.05) is 37.3 Å². The maximum atomic E-state index is 14.0. The van der Waals surface area contributed by atoms with Crippen molar-refractivity contribution >= 4 is 33.9 Å². The summed E-state index contributed by atoms with van der Waals surface area (Å²) in [5.74, 6) is 3.37. The quantitative estimate of drug-likeness (QED) is 0.363. The molecule has 1 saturated heterocycles. The number of hydrogen-bond acceptors (Lipinski definition) is 5. The zero-order valence-corrected chi connectivity index (χ0v) is 22.7. The molecule has 1 aliphatic heterocycles. The number of aromatic nitrogens is 4. The number of nitrogens with one attached hydrogen (secondary N) is 1. The number of ether oxygens (including phenoxy) is 1. The predicted octanol–water partition coefficient (Wildman–Crippen LogP) is 3.77. The summed E-state index contributed by atoms with van der Waals surface area (Å²) in [4.78, 5) is 37.8. The maximum Gasteiger partial charge on any atom is 0.254 e. The topological polar surface area (TPSA) is 94.3 Å². The fourth-order valence-corrected chi connectivity index (χ4v) is 7.69. The molecule has 0 radical (unpaired) electrons. The Bertz CT molecular complexity index is 1730. The number of rotatable bonds is 7. The summed E-state index contributed by atoms with van der Waals surface area (Å²) in [5, 5.41) is 4.17. The fourth-order valence-electron chi connectivity index (χ4n) is 7.69. The highest BCUT2D eigenvalue weighted by atomic mass is 16.5. The Balaban J connectivity index is 1.19. The van der Waals surface area contributed by atoms with E-state index in [0.29, 0.717) is 35.0 Å². The van der Waals surface area contributed by atoms with Crippen LogP contribution in [0.15, 0.2) is 49.2 Å². The molecule has 9 heteroatoms. The van der Waals surface area contributed by atoms with Crippen molar-refractivity contribution in [2.24, 2.45) is 30.7 Å². The highest BCUT2D eigenvalue weighted by Gasteiger charge is 2.68. The van der Waals surface area contributed by atoms with Crippen molar-refractivity contribution in [2.75, 3.05) is 13.7 Å². The van der Waals surface area contributed by atoms with Crippen molar-refractivity contribution in [3.8, 4) is 17.3 Å². The van der Waals surface area contributed by atoms with Gasteiger partial charge in [0.1, 0.15) is 16.9 Å². The Hall–Kier alpha value is -4.14. The number of fused-ring (bicyclic) bond motifs is 2. The van der Waals surface area contributed by atoms with Gasteiger partial charge < -0.3 is 24.1 Å². The number of benzene rings is 1. The van der Waals surface area contributed by atoms with E-state index in [1.54, 1.807) is 7.11 Å². The molecule has 4 aromatic rings. The molecule has 1 unspecified atom stereocenters. The number of likely N-dealkylation sites (tertiary alicyclic amines) is 1. The van der Waals surface area contributed by atoms with E-state index in [-0.39, 0.29) is 23.9 Å². The molecule has 4 heterocycles. The third-order valence-corrected chi connectivity index (χ3v) is 9.81. The Morgan fingerprint density at radius 1 is 1.25 bits per heavy atom. The van der Waals surface area contributed by atoms with Gasteiger partial charge in [-0.15, -0.1) is 0 Å². The fraction of sp³-hybridized carbons (Fsp3) is 0.419. The van der Waals surface area contributed by atoms with Gasteiger partial charge in [0.2, 0.25) is 5.91 Å². The van der Waals surface area contributed by atoms with Crippen molar-refractivity contribution in [3.05, 3.63) is 54.7 Å². The molecular formula is C31H32N6O3. The third kappa shape index (κ3) is 3.26. The van der Waals surface area contributed by atoms with Crippen LogP contribution in [-0.4, -0.2) is 61.6 Å². The normalized spacial score (nSPS) is 26.4. The minimum Gasteiger partial charge on any atom is -0.494 e. The van der Waals surface area contributed by atoms with Crippen LogP contribution < -0.4 is 10.1 Å². The van der Waals surface area contributed by atoms with E-state index in [1.165, 1.54) is 18.9 Å². The van der Waals surface area contributed by atoms with Crippen LogP contribution >= 0.6 is 0 Å². The van der Waals surface area contributed by atoms with E-state index in [0.717, 1.165) is 53.1 Å². The lowest BCUT2D eigenvalue weighted by Crippen LogP contribution is -2.70. The first-order valence-electron chi connectivity index (χ1n) is 14.2. The van der Waals surface area contributed by atoms with E-state index in [9.17, 15) is 9.59 Å². The Morgan fingerprint density at radius 3 is 2.88 bits per heavy atom. The molecule has 3 aliphatic carbocycles. The number of carbonyl (C=O) groups excluding carboxylic acids is 2. The summed E-state index contributed by atoms with van der Waals surface area (Å²) < 4.78 is 10.2. The van der Waals surface area contributed by atoms with E-state index in [1.807, 2.05) is 36.3 Å². The van der Waals surface area contributed by atoms with Gasteiger partial charge >= 0.3 is 0 Å². The van der Waals surface area contributed by atoms with Crippen LogP contribution in [-0.2, 0) is 18.4 Å². The number of imidazole rings is 1. The van der Waals surface area contributed by atoms with Crippen molar-refractivity contribution in [2.45, 2.75) is 37.9 Å². The number of amides is 2. The van der Waals surface area contributed by atoms with Gasteiger partial charge in [0.15, 0.2) is 5.82 Å². The van der Waals surface area contributed by atoms with Gasteiger partial charge in [-0.1, -0.05) is 6.58 Å². The number of pyridine rings is 1. The molecule has 5 atom stereocenters. The standard InChI is InChI=1S/C31H32N6O3/c1-4-24(38)34-26-20-10-19-15-37(28(26)25(19)20)31(39)18-11-21-27(23(13-18)40-3)35(2)30(33-21)22-12-17-6-5-9-32-29(17)36(22)14-16-7-8-16/h4-6,9,11-13,16,19-20,25-26,28H,1,7-8,10,14-15H2,2-3H3,(H,34,38)/t19-,20?,25+,26+,28+/m1/s1. The molecule has 204 valence electrons. The Labute approximate surface area is 231 Å². The van der Waals surface area contributed by atoms with Gasteiger partial charge in [-0.25, -0.2) is 9.97 Å². The Kier molecular flexibility index (Phi) is 5.00. The second-order valence-corrected chi connectivity index (χ2v) is 12.0. The molecule has 1 N–H and O–H groups in total. The summed E-state index contributed by atoms with van der Waals surface area (Å²) in [5.41, 5.74) is 4.13. The first-order chi connectivity index (χ1) is 19.5. The first kappa shape index (κ1) is 23.7. The number of hydrogen-bond donors (Lipinski definition) is 1. The van der Waals surface area contributed by atoms with Crippen LogP contribution in [0.3, 0.4) is 0 Å². The number of carbonyl (C=O) groups is 2. The van der Waals surface area contributed by atoms with Crippen LogP contribution in [0.1, 0.15) is 29.6 Å². The van der Waals surface area contributed by atoms with E-state index >= 15 is 0 Å². The third-order valence-electron chi connectivity index (χ3n) is 9.81. The summed E-state index contributed by atoms with van der Waals surface area (Å²) in [7, 11) is 3.64. The molecule has 0 bridgehead atoms. The molecule has 0 spiro atoms. The molecule has 1 aromatic carbocycles. The predicted molar refractivity (Wildman–Crippen MR) is 151 cm³/mol. The summed E-state index contributed by atoms with van der Waals surface area (Å²) in [6, 6.07) is 9.97. The summed E-state index contributed by atoms with van der Waals surface area (Å²) >= 11 is 0. The van der Waals surface area contributed by atoms with Gasteiger partial charge in [-0.2, -0.15) is 0 Å². The zero-order valence-electron chi connectivity index (χ0n) is 22.7. The highest BCUT2D eigenvalue weighted by Crippen LogP contribution is 2.61.